The summed E-state index contributed by atoms with van der Waals surface area (Å²) in [5.74, 6) is 0.544. The lowest BCUT2D eigenvalue weighted by Gasteiger charge is -2.39. The molecule has 0 spiro atoms. The van der Waals surface area contributed by atoms with Gasteiger partial charge in [-0.1, -0.05) is 6.07 Å². The summed E-state index contributed by atoms with van der Waals surface area (Å²) >= 11 is 11.5. The average Bonchev–Trinajstić information content (AvgIpc) is 2.55. The van der Waals surface area contributed by atoms with Crippen LogP contribution in [0.1, 0.15) is 18.1 Å². The first-order valence-electron chi connectivity index (χ1n) is 6.76. The number of pyridine rings is 1. The summed E-state index contributed by atoms with van der Waals surface area (Å²) in [6.07, 6.45) is 2.21. The van der Waals surface area contributed by atoms with Crippen molar-refractivity contribution in [3.8, 4) is 0 Å². The zero-order chi connectivity index (χ0) is 16.0. The summed E-state index contributed by atoms with van der Waals surface area (Å²) in [6.45, 7) is 0.660. The van der Waals surface area contributed by atoms with Gasteiger partial charge in [0.1, 0.15) is 0 Å². The van der Waals surface area contributed by atoms with Crippen molar-refractivity contribution in [2.45, 2.75) is 18.8 Å². The van der Waals surface area contributed by atoms with E-state index in [4.69, 9.17) is 33.0 Å². The standard InChI is InChI=1S/C12H18Cl2N3O4P/c13-3-6-17(7-4-14)22(19)16-12(20-18)8-11(21-22)10-2-1-5-15-9-10/h1-2,5,9,11-12,18H,3-4,6-8H2,(H,16,19)/t11-,12+,22+/m0/s1. The Bertz CT molecular complexity index is 504. The molecule has 1 aliphatic rings. The van der Waals surface area contributed by atoms with Gasteiger partial charge in [-0.25, -0.2) is 14.6 Å². The molecule has 0 aliphatic carbocycles. The van der Waals surface area contributed by atoms with Crippen LogP contribution in [0.4, 0.5) is 0 Å². The van der Waals surface area contributed by atoms with Crippen molar-refractivity contribution in [3.05, 3.63) is 30.1 Å². The minimum absolute atomic E-state index is 0.272. The third kappa shape index (κ3) is 4.40. The number of rotatable bonds is 7. The summed E-state index contributed by atoms with van der Waals surface area (Å²) in [7, 11) is -3.45. The maximum Gasteiger partial charge on any atom is 0.346 e. The lowest BCUT2D eigenvalue weighted by molar-refractivity contribution is -0.289. The summed E-state index contributed by atoms with van der Waals surface area (Å²) in [5, 5.41) is 11.7. The van der Waals surface area contributed by atoms with Crippen LogP contribution in [0.25, 0.3) is 0 Å². The highest BCUT2D eigenvalue weighted by Crippen LogP contribution is 2.55. The predicted molar refractivity (Wildman–Crippen MR) is 83.9 cm³/mol. The van der Waals surface area contributed by atoms with E-state index in [0.717, 1.165) is 5.56 Å². The Hall–Kier alpha value is -0.240. The second-order valence-electron chi connectivity index (χ2n) is 4.69. The van der Waals surface area contributed by atoms with E-state index in [0.29, 0.717) is 19.5 Å². The van der Waals surface area contributed by atoms with Crippen LogP contribution >= 0.6 is 30.9 Å². The minimum atomic E-state index is -3.45. The first-order chi connectivity index (χ1) is 10.6. The lowest BCUT2D eigenvalue weighted by Crippen LogP contribution is -2.43. The summed E-state index contributed by atoms with van der Waals surface area (Å²) in [6, 6.07) is 3.57. The molecule has 2 N–H and O–H groups in total. The van der Waals surface area contributed by atoms with Gasteiger partial charge in [0.25, 0.3) is 0 Å². The fourth-order valence-electron chi connectivity index (χ4n) is 2.22. The summed E-state index contributed by atoms with van der Waals surface area (Å²) < 4.78 is 20.5. The molecule has 1 saturated heterocycles. The maximum absolute atomic E-state index is 13.1. The van der Waals surface area contributed by atoms with Crippen molar-refractivity contribution < 1.29 is 19.2 Å². The van der Waals surface area contributed by atoms with Gasteiger partial charge in [-0.3, -0.25) is 19.3 Å². The molecule has 1 aliphatic heterocycles. The number of nitrogens with zero attached hydrogens (tertiary/aromatic N) is 2. The van der Waals surface area contributed by atoms with Crippen molar-refractivity contribution in [3.63, 3.8) is 0 Å². The van der Waals surface area contributed by atoms with Gasteiger partial charge in [0.2, 0.25) is 0 Å². The van der Waals surface area contributed by atoms with Crippen LogP contribution in [0.15, 0.2) is 24.5 Å². The Kier molecular flexibility index (Phi) is 7.05. The normalized spacial score (nSPS) is 28.9. The minimum Gasteiger partial charge on any atom is -0.298 e. The second-order valence-corrected chi connectivity index (χ2v) is 7.52. The predicted octanol–water partition coefficient (Wildman–Crippen LogP) is 2.84. The van der Waals surface area contributed by atoms with E-state index in [1.807, 2.05) is 6.07 Å². The fourth-order valence-corrected chi connectivity index (χ4v) is 5.02. The van der Waals surface area contributed by atoms with E-state index in [1.54, 1.807) is 23.1 Å². The zero-order valence-corrected chi connectivity index (χ0v) is 14.2. The summed E-state index contributed by atoms with van der Waals surface area (Å²) in [5.41, 5.74) is 0.753. The molecule has 0 unspecified atom stereocenters. The van der Waals surface area contributed by atoms with Crippen LogP contribution in [0.3, 0.4) is 0 Å². The average molecular weight is 370 g/mol. The van der Waals surface area contributed by atoms with Crippen LogP contribution in [0.5, 0.6) is 0 Å². The maximum atomic E-state index is 13.1. The number of nitrogens with one attached hydrogen (secondary N) is 1. The number of hydrogen-bond acceptors (Lipinski definition) is 5. The Balaban J connectivity index is 2.24. The molecule has 0 aromatic carbocycles. The van der Waals surface area contributed by atoms with E-state index < -0.39 is 20.0 Å². The first kappa shape index (κ1) is 18.1. The molecule has 0 saturated carbocycles. The molecule has 1 fully saturated rings. The number of aromatic nitrogens is 1. The van der Waals surface area contributed by atoms with Crippen LogP contribution in [-0.2, 0) is 14.0 Å². The smallest absolute Gasteiger partial charge is 0.298 e. The van der Waals surface area contributed by atoms with E-state index in [1.165, 1.54) is 0 Å². The monoisotopic (exact) mass is 369 g/mol. The molecular formula is C12H18Cl2N3O4P. The van der Waals surface area contributed by atoms with Crippen LogP contribution in [0.2, 0.25) is 0 Å². The summed E-state index contributed by atoms with van der Waals surface area (Å²) in [4.78, 5) is 8.40. The molecule has 2 heterocycles. The van der Waals surface area contributed by atoms with Crippen molar-refractivity contribution >= 4 is 30.9 Å². The van der Waals surface area contributed by atoms with Gasteiger partial charge in [0, 0.05) is 43.7 Å². The highest BCUT2D eigenvalue weighted by atomic mass is 35.5. The van der Waals surface area contributed by atoms with Crippen molar-refractivity contribution in [1.29, 1.82) is 0 Å². The van der Waals surface area contributed by atoms with Crippen molar-refractivity contribution in [1.82, 2.24) is 14.7 Å². The molecule has 0 amide bonds. The lowest BCUT2D eigenvalue weighted by atomic mass is 10.1. The van der Waals surface area contributed by atoms with Gasteiger partial charge in [0.05, 0.1) is 6.10 Å². The number of hydrogen-bond donors (Lipinski definition) is 2. The third-order valence-corrected chi connectivity index (χ3v) is 5.88. The molecule has 1 aromatic rings. The Labute approximate surface area is 139 Å². The Morgan fingerprint density at radius 2 is 2.23 bits per heavy atom. The van der Waals surface area contributed by atoms with Crippen molar-refractivity contribution in [2.24, 2.45) is 0 Å². The van der Waals surface area contributed by atoms with E-state index in [-0.39, 0.29) is 11.8 Å². The highest BCUT2D eigenvalue weighted by Gasteiger charge is 2.42. The van der Waals surface area contributed by atoms with Crippen LogP contribution < -0.4 is 5.09 Å². The van der Waals surface area contributed by atoms with Gasteiger partial charge in [-0.05, 0) is 11.6 Å². The number of halogens is 2. The fraction of sp³-hybridized carbons (Fsp3) is 0.583. The van der Waals surface area contributed by atoms with E-state index >= 15 is 0 Å². The van der Waals surface area contributed by atoms with Gasteiger partial charge in [-0.2, -0.15) is 0 Å². The third-order valence-electron chi connectivity index (χ3n) is 3.25. The SMILES string of the molecule is O=[P@]1(N(CCCl)CCCl)N[C@H](OO)C[C@@H](c2cccnc2)O1. The van der Waals surface area contributed by atoms with Gasteiger partial charge < -0.3 is 0 Å². The molecule has 3 atom stereocenters. The Morgan fingerprint density at radius 1 is 1.50 bits per heavy atom. The topological polar surface area (TPSA) is 83.9 Å². The molecule has 10 heteroatoms. The van der Waals surface area contributed by atoms with Crippen molar-refractivity contribution in [2.75, 3.05) is 24.8 Å². The molecule has 1 aromatic heterocycles. The largest absolute Gasteiger partial charge is 0.346 e. The molecule has 7 nitrogen and oxygen atoms in total. The highest BCUT2D eigenvalue weighted by molar-refractivity contribution is 7.54. The molecule has 124 valence electrons. The van der Waals surface area contributed by atoms with E-state index in [2.05, 4.69) is 15.0 Å². The molecular weight excluding hydrogens is 352 g/mol. The second kappa shape index (κ2) is 8.57. The van der Waals surface area contributed by atoms with E-state index in [9.17, 15) is 4.57 Å². The molecule has 2 rings (SSSR count). The van der Waals surface area contributed by atoms with Gasteiger partial charge in [-0.15, -0.1) is 23.2 Å². The zero-order valence-electron chi connectivity index (χ0n) is 11.8. The molecule has 22 heavy (non-hydrogen) atoms. The van der Waals surface area contributed by atoms with Crippen LogP contribution in [0, 0.1) is 0 Å². The first-order valence-corrected chi connectivity index (χ1v) is 9.41. The van der Waals surface area contributed by atoms with Crippen LogP contribution in [-0.4, -0.2) is 46.0 Å². The quantitative estimate of drug-likeness (QED) is 0.331. The van der Waals surface area contributed by atoms with Gasteiger partial charge >= 0.3 is 7.67 Å². The Morgan fingerprint density at radius 3 is 2.77 bits per heavy atom. The molecule has 0 radical (unpaired) electrons. The van der Waals surface area contributed by atoms with Gasteiger partial charge in [0.15, 0.2) is 6.23 Å². The molecule has 0 bridgehead atoms. The number of alkyl halides is 2.